The highest BCUT2D eigenvalue weighted by atomic mass is 16.2. The van der Waals surface area contributed by atoms with Gasteiger partial charge in [0, 0.05) is 36.6 Å². The average Bonchev–Trinajstić information content (AvgIpc) is 2.63. The molecule has 33 heavy (non-hydrogen) atoms. The number of ketones is 2. The Hall–Kier alpha value is -1.76. The van der Waals surface area contributed by atoms with Crippen LogP contribution in [-0.4, -0.2) is 47.4 Å². The van der Waals surface area contributed by atoms with Crippen LogP contribution in [0, 0.1) is 23.7 Å². The zero-order valence-electron chi connectivity index (χ0n) is 21.2. The van der Waals surface area contributed by atoms with Crippen molar-refractivity contribution in [3.8, 4) is 0 Å². The number of likely N-dealkylation sites (N-methyl/N-ethyl adjacent to an activating group) is 1. The van der Waals surface area contributed by atoms with Gasteiger partial charge in [-0.2, -0.15) is 0 Å². The lowest BCUT2D eigenvalue weighted by molar-refractivity contribution is -0.128. The van der Waals surface area contributed by atoms with Crippen LogP contribution in [0.15, 0.2) is 0 Å². The largest absolute Gasteiger partial charge is 0.370 e. The molecule has 2 atom stereocenters. The lowest BCUT2D eigenvalue weighted by Crippen LogP contribution is -2.44. The van der Waals surface area contributed by atoms with Gasteiger partial charge in [-0.05, 0) is 46.1 Å². The van der Waals surface area contributed by atoms with Gasteiger partial charge in [0.05, 0.1) is 6.04 Å². The summed E-state index contributed by atoms with van der Waals surface area (Å²) in [4.78, 5) is 47.3. The second-order valence-electron chi connectivity index (χ2n) is 9.73. The van der Waals surface area contributed by atoms with Gasteiger partial charge in [0.2, 0.25) is 11.8 Å². The molecule has 0 heterocycles. The van der Waals surface area contributed by atoms with Crippen LogP contribution in [0.5, 0.6) is 0 Å². The van der Waals surface area contributed by atoms with E-state index in [9.17, 15) is 19.2 Å². The van der Waals surface area contributed by atoms with E-state index >= 15 is 0 Å². The summed E-state index contributed by atoms with van der Waals surface area (Å²) in [5.74, 6) is 0.269. The van der Waals surface area contributed by atoms with Crippen LogP contribution in [0.25, 0.3) is 0 Å². The molecule has 0 aliphatic heterocycles. The standard InChI is InChI=1S/C12H24N2O2.C12H23NO2.2CH4/c1-8(2)12(16)10(6-7-11(13)15)14(5)9(3)4;1-8(2)7-10(5-6-11(13)14)12(15)9(3)4;;/h8-10H,6-7H2,1-5H3,(H2,13,15);8-10H,5-7H2,1-4H3,(H2,13,14);2*1H4/t2*10-;;/m01../s1. The lowest BCUT2D eigenvalue weighted by atomic mass is 9.85. The first-order chi connectivity index (χ1) is 14.1. The minimum Gasteiger partial charge on any atom is -0.370 e. The number of primary amides is 2. The van der Waals surface area contributed by atoms with E-state index in [4.69, 9.17) is 11.5 Å². The van der Waals surface area contributed by atoms with E-state index in [1.807, 2.05) is 53.5 Å². The Kier molecular flexibility index (Phi) is 23.0. The number of hydrogen-bond donors (Lipinski definition) is 2. The number of Topliss-reactive ketones (excluding diaryl/α,β-unsaturated/α-hetero) is 2. The molecule has 0 aromatic carbocycles. The van der Waals surface area contributed by atoms with Crippen LogP contribution in [-0.2, 0) is 19.2 Å². The van der Waals surface area contributed by atoms with Gasteiger partial charge in [-0.1, -0.05) is 56.4 Å². The maximum absolute atomic E-state index is 12.0. The predicted octanol–water partition coefficient (Wildman–Crippen LogP) is 4.60. The van der Waals surface area contributed by atoms with Crippen molar-refractivity contribution in [3.63, 3.8) is 0 Å². The number of carbonyl (C=O) groups is 4. The molecule has 0 aromatic heterocycles. The summed E-state index contributed by atoms with van der Waals surface area (Å²) in [6.45, 7) is 15.8. The normalized spacial score (nSPS) is 12.5. The average molecular weight is 474 g/mol. The van der Waals surface area contributed by atoms with Crippen LogP contribution in [0.4, 0.5) is 0 Å². The van der Waals surface area contributed by atoms with Crippen molar-refractivity contribution in [2.24, 2.45) is 35.1 Å². The Morgan fingerprint density at radius 1 is 0.697 bits per heavy atom. The summed E-state index contributed by atoms with van der Waals surface area (Å²) in [5.41, 5.74) is 10.2. The van der Waals surface area contributed by atoms with E-state index in [1.165, 1.54) is 0 Å². The van der Waals surface area contributed by atoms with E-state index in [0.717, 1.165) is 6.42 Å². The second-order valence-corrected chi connectivity index (χ2v) is 9.73. The molecule has 0 aliphatic rings. The lowest BCUT2D eigenvalue weighted by Gasteiger charge is -2.31. The molecule has 7 nitrogen and oxygen atoms in total. The van der Waals surface area contributed by atoms with Gasteiger partial charge < -0.3 is 11.5 Å². The molecule has 0 aliphatic carbocycles. The van der Waals surface area contributed by atoms with Gasteiger partial charge in [0.1, 0.15) is 5.78 Å². The highest BCUT2D eigenvalue weighted by molar-refractivity contribution is 5.86. The van der Waals surface area contributed by atoms with E-state index in [-0.39, 0.29) is 74.5 Å². The fourth-order valence-electron chi connectivity index (χ4n) is 3.30. The van der Waals surface area contributed by atoms with Gasteiger partial charge >= 0.3 is 0 Å². The topological polar surface area (TPSA) is 124 Å². The molecule has 198 valence electrons. The monoisotopic (exact) mass is 473 g/mol. The Balaban J connectivity index is -0.000000241. The first kappa shape index (κ1) is 38.5. The maximum atomic E-state index is 12.0. The molecule has 0 rings (SSSR count). The van der Waals surface area contributed by atoms with Crippen LogP contribution in [0.3, 0.4) is 0 Å². The van der Waals surface area contributed by atoms with Gasteiger partial charge in [-0.25, -0.2) is 0 Å². The quantitative estimate of drug-likeness (QED) is 0.381. The zero-order valence-corrected chi connectivity index (χ0v) is 21.2. The van der Waals surface area contributed by atoms with Crippen LogP contribution >= 0.6 is 0 Å². The summed E-state index contributed by atoms with van der Waals surface area (Å²) in [6.07, 6.45) is 2.55. The molecule has 0 radical (unpaired) electrons. The second kappa shape index (κ2) is 19.7. The minimum absolute atomic E-state index is 0. The molecule has 0 unspecified atom stereocenters. The Morgan fingerprint density at radius 3 is 1.39 bits per heavy atom. The molecular formula is C26H55N3O4. The molecule has 0 bridgehead atoms. The summed E-state index contributed by atoms with van der Waals surface area (Å²) in [5, 5.41) is 0. The summed E-state index contributed by atoms with van der Waals surface area (Å²) < 4.78 is 0. The predicted molar refractivity (Wildman–Crippen MR) is 140 cm³/mol. The number of hydrogen-bond acceptors (Lipinski definition) is 5. The SMILES string of the molecule is C.C.CC(C)C(=O)[C@H](CCC(N)=O)N(C)C(C)C.CC(C)C[C@@H](CCC(N)=O)C(=O)C(C)C. The third-order valence-electron chi connectivity index (χ3n) is 5.33. The third kappa shape index (κ3) is 18.4. The highest BCUT2D eigenvalue weighted by Gasteiger charge is 2.27. The minimum atomic E-state index is -0.348. The fourth-order valence-corrected chi connectivity index (χ4v) is 3.30. The van der Waals surface area contributed by atoms with Gasteiger partial charge in [0.25, 0.3) is 0 Å². The summed E-state index contributed by atoms with van der Waals surface area (Å²) in [7, 11) is 1.91. The molecule has 2 amide bonds. The van der Waals surface area contributed by atoms with E-state index < -0.39 is 0 Å². The molecule has 0 fully saturated rings. The molecular weight excluding hydrogens is 418 g/mol. The van der Waals surface area contributed by atoms with Crippen LogP contribution < -0.4 is 11.5 Å². The van der Waals surface area contributed by atoms with Crippen molar-refractivity contribution in [2.45, 2.75) is 114 Å². The summed E-state index contributed by atoms with van der Waals surface area (Å²) in [6, 6.07) is 0.0769. The molecule has 0 saturated carbocycles. The number of rotatable bonds is 14. The Morgan fingerprint density at radius 2 is 1.09 bits per heavy atom. The van der Waals surface area contributed by atoms with Crippen molar-refractivity contribution in [3.05, 3.63) is 0 Å². The van der Waals surface area contributed by atoms with Gasteiger partial charge in [-0.15, -0.1) is 0 Å². The number of nitrogens with zero attached hydrogens (tertiary/aromatic N) is 1. The number of nitrogens with two attached hydrogens (primary N) is 2. The van der Waals surface area contributed by atoms with Crippen LogP contribution in [0.2, 0.25) is 0 Å². The molecule has 7 heteroatoms. The first-order valence-corrected chi connectivity index (χ1v) is 11.5. The van der Waals surface area contributed by atoms with Gasteiger partial charge in [-0.3, -0.25) is 24.1 Å². The van der Waals surface area contributed by atoms with Gasteiger partial charge in [0.15, 0.2) is 5.78 Å². The molecule has 0 aromatic rings. The maximum Gasteiger partial charge on any atom is 0.217 e. The van der Waals surface area contributed by atoms with Crippen molar-refractivity contribution < 1.29 is 19.2 Å². The van der Waals surface area contributed by atoms with Crippen molar-refractivity contribution in [1.29, 1.82) is 0 Å². The molecule has 0 spiro atoms. The Labute approximate surface area is 204 Å². The number of carbonyl (C=O) groups excluding carboxylic acids is 4. The number of amides is 2. The smallest absolute Gasteiger partial charge is 0.217 e. The fraction of sp³-hybridized carbons (Fsp3) is 0.846. The van der Waals surface area contributed by atoms with Crippen molar-refractivity contribution in [2.75, 3.05) is 7.05 Å². The third-order valence-corrected chi connectivity index (χ3v) is 5.33. The van der Waals surface area contributed by atoms with E-state index in [2.05, 4.69) is 13.8 Å². The highest BCUT2D eigenvalue weighted by Crippen LogP contribution is 2.21. The zero-order chi connectivity index (χ0) is 24.9. The Bertz CT molecular complexity index is 572. The van der Waals surface area contributed by atoms with Crippen molar-refractivity contribution in [1.82, 2.24) is 4.90 Å². The van der Waals surface area contributed by atoms with E-state index in [0.29, 0.717) is 25.2 Å². The van der Waals surface area contributed by atoms with Crippen molar-refractivity contribution >= 4 is 23.4 Å². The molecule has 4 N–H and O–H groups in total. The molecule has 0 saturated heterocycles. The first-order valence-electron chi connectivity index (χ1n) is 11.5. The van der Waals surface area contributed by atoms with E-state index in [1.54, 1.807) is 0 Å². The summed E-state index contributed by atoms with van der Waals surface area (Å²) >= 11 is 0. The van der Waals surface area contributed by atoms with Crippen LogP contribution in [0.1, 0.15) is 102 Å².